The van der Waals surface area contributed by atoms with Crippen LogP contribution in [0.25, 0.3) is 0 Å². The van der Waals surface area contributed by atoms with Gasteiger partial charge in [-0.2, -0.15) is 0 Å². The fourth-order valence-corrected chi connectivity index (χ4v) is 3.17. The molecule has 7 heteroatoms. The first kappa shape index (κ1) is 19.9. The van der Waals surface area contributed by atoms with Crippen LogP contribution in [0, 0.1) is 0 Å². The van der Waals surface area contributed by atoms with Crippen LogP contribution in [0.4, 0.5) is 11.4 Å². The highest BCUT2D eigenvalue weighted by molar-refractivity contribution is 5.92. The van der Waals surface area contributed by atoms with Crippen molar-refractivity contribution in [1.82, 2.24) is 14.8 Å². The largest absolute Gasteiger partial charge is 0.497 e. The van der Waals surface area contributed by atoms with Crippen molar-refractivity contribution >= 4 is 17.3 Å². The molecule has 0 bridgehead atoms. The summed E-state index contributed by atoms with van der Waals surface area (Å²) in [5, 5.41) is 3.31. The predicted octanol–water partition coefficient (Wildman–Crippen LogP) is 2.03. The molecule has 1 aromatic heterocycles. The highest BCUT2D eigenvalue weighted by Gasteiger charge is 2.23. The third-order valence-electron chi connectivity index (χ3n) is 4.88. The zero-order chi connectivity index (χ0) is 19.9. The lowest BCUT2D eigenvalue weighted by atomic mass is 10.2. The molecule has 0 spiro atoms. The molecule has 1 saturated heterocycles. The van der Waals surface area contributed by atoms with Crippen LogP contribution in [-0.4, -0.2) is 81.2 Å². The average Bonchev–Trinajstić information content (AvgIpc) is 2.74. The quantitative estimate of drug-likeness (QED) is 0.789. The molecule has 2 aromatic rings. The van der Waals surface area contributed by atoms with Crippen LogP contribution in [0.2, 0.25) is 0 Å². The highest BCUT2D eigenvalue weighted by Crippen LogP contribution is 2.21. The van der Waals surface area contributed by atoms with Gasteiger partial charge in [-0.25, -0.2) is 4.98 Å². The molecule has 0 saturated carbocycles. The number of carbonyl (C=O) groups is 1. The summed E-state index contributed by atoms with van der Waals surface area (Å²) in [5.74, 6) is 0.845. The molecule has 0 atom stereocenters. The van der Waals surface area contributed by atoms with Crippen molar-refractivity contribution in [2.75, 3.05) is 70.7 Å². The summed E-state index contributed by atoms with van der Waals surface area (Å²) in [7, 11) is 5.74. The van der Waals surface area contributed by atoms with Crippen LogP contribution in [0.3, 0.4) is 0 Å². The van der Waals surface area contributed by atoms with E-state index in [1.165, 1.54) is 0 Å². The topological polar surface area (TPSA) is 60.9 Å². The van der Waals surface area contributed by atoms with Crippen molar-refractivity contribution < 1.29 is 9.53 Å². The van der Waals surface area contributed by atoms with Gasteiger partial charge in [0.05, 0.1) is 19.0 Å². The number of carbonyl (C=O) groups excluding carboxylic acids is 1. The van der Waals surface area contributed by atoms with Crippen molar-refractivity contribution in [3.8, 4) is 5.75 Å². The molecule has 1 aromatic carbocycles. The van der Waals surface area contributed by atoms with E-state index in [2.05, 4.69) is 32.2 Å². The summed E-state index contributed by atoms with van der Waals surface area (Å²) in [5.41, 5.74) is 2.58. The maximum Gasteiger partial charge on any atom is 0.272 e. The average molecular weight is 383 g/mol. The molecule has 3 rings (SSSR count). The van der Waals surface area contributed by atoms with Crippen molar-refractivity contribution in [3.63, 3.8) is 0 Å². The Morgan fingerprint density at radius 3 is 2.39 bits per heavy atom. The van der Waals surface area contributed by atoms with Gasteiger partial charge in [0, 0.05) is 45.0 Å². The second-order valence-corrected chi connectivity index (χ2v) is 7.14. The summed E-state index contributed by atoms with van der Waals surface area (Å²) in [6, 6.07) is 11.8. The molecule has 0 unspecified atom stereocenters. The Balaban J connectivity index is 1.51. The molecule has 28 heavy (non-hydrogen) atoms. The molecule has 2 heterocycles. The summed E-state index contributed by atoms with van der Waals surface area (Å²) in [6.07, 6.45) is 1.73. The van der Waals surface area contributed by atoms with Gasteiger partial charge in [-0.3, -0.25) is 4.79 Å². The number of methoxy groups -OCH3 is 1. The van der Waals surface area contributed by atoms with E-state index in [1.54, 1.807) is 19.4 Å². The van der Waals surface area contributed by atoms with Crippen molar-refractivity contribution in [2.24, 2.45) is 0 Å². The molecule has 0 aliphatic carbocycles. The van der Waals surface area contributed by atoms with Gasteiger partial charge < -0.3 is 24.8 Å². The zero-order valence-electron chi connectivity index (χ0n) is 16.9. The van der Waals surface area contributed by atoms with E-state index in [-0.39, 0.29) is 5.91 Å². The highest BCUT2D eigenvalue weighted by atomic mass is 16.5. The number of benzene rings is 1. The summed E-state index contributed by atoms with van der Waals surface area (Å²) in [4.78, 5) is 23.4. The Morgan fingerprint density at radius 1 is 1.11 bits per heavy atom. The molecule has 7 nitrogen and oxygen atoms in total. The Bertz CT molecular complexity index is 753. The van der Waals surface area contributed by atoms with E-state index in [1.807, 2.05) is 37.2 Å². The molecule has 1 aliphatic heterocycles. The number of aromatic nitrogens is 1. The molecular weight excluding hydrogens is 354 g/mol. The van der Waals surface area contributed by atoms with E-state index in [9.17, 15) is 4.79 Å². The fourth-order valence-electron chi connectivity index (χ4n) is 3.17. The molecular formula is C21H29N5O2. The lowest BCUT2D eigenvalue weighted by Gasteiger charge is -2.36. The number of anilines is 2. The van der Waals surface area contributed by atoms with Crippen LogP contribution in [0.15, 0.2) is 42.6 Å². The number of hydrogen-bond donors (Lipinski definition) is 1. The maximum atomic E-state index is 12.7. The predicted molar refractivity (Wildman–Crippen MR) is 112 cm³/mol. The van der Waals surface area contributed by atoms with E-state index in [0.29, 0.717) is 18.8 Å². The number of rotatable bonds is 7. The van der Waals surface area contributed by atoms with Gasteiger partial charge in [-0.15, -0.1) is 0 Å². The van der Waals surface area contributed by atoms with Crippen molar-refractivity contribution in [3.05, 3.63) is 48.3 Å². The van der Waals surface area contributed by atoms with Gasteiger partial charge >= 0.3 is 0 Å². The smallest absolute Gasteiger partial charge is 0.272 e. The number of piperazine rings is 1. The third kappa shape index (κ3) is 5.13. The number of ether oxygens (including phenoxy) is 1. The Kier molecular flexibility index (Phi) is 6.71. The van der Waals surface area contributed by atoms with Crippen LogP contribution in [-0.2, 0) is 0 Å². The minimum absolute atomic E-state index is 0.00535. The van der Waals surface area contributed by atoms with Gasteiger partial charge in [0.15, 0.2) is 0 Å². The van der Waals surface area contributed by atoms with Crippen LogP contribution in [0.5, 0.6) is 5.75 Å². The molecule has 1 amide bonds. The van der Waals surface area contributed by atoms with Crippen LogP contribution >= 0.6 is 0 Å². The third-order valence-corrected chi connectivity index (χ3v) is 4.88. The Morgan fingerprint density at radius 2 is 1.82 bits per heavy atom. The lowest BCUT2D eigenvalue weighted by molar-refractivity contribution is 0.0741. The Hall–Kier alpha value is -2.80. The summed E-state index contributed by atoms with van der Waals surface area (Å²) >= 11 is 0. The van der Waals surface area contributed by atoms with E-state index < -0.39 is 0 Å². The second kappa shape index (κ2) is 9.41. The van der Waals surface area contributed by atoms with E-state index in [0.717, 1.165) is 43.3 Å². The van der Waals surface area contributed by atoms with E-state index >= 15 is 0 Å². The van der Waals surface area contributed by atoms with Crippen molar-refractivity contribution in [1.29, 1.82) is 0 Å². The number of amides is 1. The SMILES string of the molecule is COc1ccc(N2CCN(C(=O)c3ccc(NCCN(C)C)cn3)CC2)cc1. The molecule has 0 radical (unpaired) electrons. The maximum absolute atomic E-state index is 12.7. The zero-order valence-corrected chi connectivity index (χ0v) is 16.9. The summed E-state index contributed by atoms with van der Waals surface area (Å²) < 4.78 is 5.21. The number of nitrogens with zero attached hydrogens (tertiary/aromatic N) is 4. The molecule has 1 aliphatic rings. The van der Waals surface area contributed by atoms with Gasteiger partial charge in [0.25, 0.3) is 5.91 Å². The summed E-state index contributed by atoms with van der Waals surface area (Å²) in [6.45, 7) is 4.78. The van der Waals surface area contributed by atoms with E-state index in [4.69, 9.17) is 4.74 Å². The number of nitrogens with one attached hydrogen (secondary N) is 1. The Labute approximate surface area is 166 Å². The first-order valence-electron chi connectivity index (χ1n) is 9.60. The fraction of sp³-hybridized carbons (Fsp3) is 0.429. The minimum Gasteiger partial charge on any atom is -0.497 e. The standard InChI is InChI=1S/C21H29N5O2/c1-24(2)11-10-22-17-4-9-20(23-16-17)21(27)26-14-12-25(13-15-26)18-5-7-19(28-3)8-6-18/h4-9,16,22H,10-15H2,1-3H3. The lowest BCUT2D eigenvalue weighted by Crippen LogP contribution is -2.49. The van der Waals surface area contributed by atoms with Gasteiger partial charge in [-0.05, 0) is 50.5 Å². The normalized spacial score (nSPS) is 14.3. The molecule has 1 fully saturated rings. The monoisotopic (exact) mass is 383 g/mol. The van der Waals surface area contributed by atoms with Gasteiger partial charge in [0.2, 0.25) is 0 Å². The first-order chi connectivity index (χ1) is 13.6. The number of pyridine rings is 1. The first-order valence-corrected chi connectivity index (χ1v) is 9.60. The second-order valence-electron chi connectivity index (χ2n) is 7.14. The van der Waals surface area contributed by atoms with Gasteiger partial charge in [0.1, 0.15) is 11.4 Å². The van der Waals surface area contributed by atoms with Crippen LogP contribution < -0.4 is 15.0 Å². The van der Waals surface area contributed by atoms with Crippen molar-refractivity contribution in [2.45, 2.75) is 0 Å². The number of likely N-dealkylation sites (N-methyl/N-ethyl adjacent to an activating group) is 1. The molecule has 1 N–H and O–H groups in total. The minimum atomic E-state index is -0.00535. The van der Waals surface area contributed by atoms with Gasteiger partial charge in [-0.1, -0.05) is 0 Å². The van der Waals surface area contributed by atoms with Crippen LogP contribution in [0.1, 0.15) is 10.5 Å². The number of hydrogen-bond acceptors (Lipinski definition) is 6. The molecule has 150 valence electrons.